The molecular weight excluding hydrogens is 246 g/mol. The van der Waals surface area contributed by atoms with Gasteiger partial charge in [0.1, 0.15) is 0 Å². The second-order valence-corrected chi connectivity index (χ2v) is 5.18. The molecule has 1 aliphatic heterocycles. The van der Waals surface area contributed by atoms with Crippen LogP contribution in [0.15, 0.2) is 18.2 Å². The molecule has 4 heteroatoms. The van der Waals surface area contributed by atoms with E-state index < -0.39 is 0 Å². The van der Waals surface area contributed by atoms with Gasteiger partial charge in [0.05, 0.1) is 12.5 Å². The van der Waals surface area contributed by atoms with Crippen molar-refractivity contribution in [1.29, 1.82) is 5.26 Å². The average Bonchev–Trinajstić information content (AvgIpc) is 2.58. The Labute approximate surface area is 113 Å². The molecule has 0 aromatic heterocycles. The van der Waals surface area contributed by atoms with Crippen LogP contribution in [-0.4, -0.2) is 25.7 Å². The maximum Gasteiger partial charge on any atom is 0.0638 e. The van der Waals surface area contributed by atoms with E-state index in [1.165, 1.54) is 11.3 Å². The Morgan fingerprint density at radius 2 is 2.39 bits per heavy atom. The predicted molar refractivity (Wildman–Crippen MR) is 75.0 cm³/mol. The fourth-order valence-electron chi connectivity index (χ4n) is 2.39. The summed E-state index contributed by atoms with van der Waals surface area (Å²) in [5.74, 6) is 0. The van der Waals surface area contributed by atoms with Crippen LogP contribution in [0.5, 0.6) is 0 Å². The lowest BCUT2D eigenvalue weighted by Crippen LogP contribution is -2.37. The predicted octanol–water partition coefficient (Wildman–Crippen LogP) is 2.73. The normalized spacial score (nSPS) is 20.3. The lowest BCUT2D eigenvalue weighted by atomic mass is 10.1. The summed E-state index contributed by atoms with van der Waals surface area (Å²) in [4.78, 5) is 2.34. The Morgan fingerprint density at radius 3 is 3.17 bits per heavy atom. The molecule has 2 rings (SSSR count). The highest BCUT2D eigenvalue weighted by Gasteiger charge is 2.18. The van der Waals surface area contributed by atoms with Crippen molar-refractivity contribution in [2.24, 2.45) is 0 Å². The summed E-state index contributed by atoms with van der Waals surface area (Å²) in [6.45, 7) is 4.95. The molecule has 1 unspecified atom stereocenters. The molecule has 1 heterocycles. The molecule has 1 aliphatic rings. The van der Waals surface area contributed by atoms with Crippen LogP contribution in [0, 0.1) is 18.3 Å². The molecule has 1 fully saturated rings. The minimum absolute atomic E-state index is 0.246. The standard InChI is InChI=1S/C14H18ClN3/c1-11-3-4-12(15)9-14(11)18-8-2-7-17-13(10-18)5-6-16/h3-4,9,13,17H,2,5,7-8,10H2,1H3. The highest BCUT2D eigenvalue weighted by Crippen LogP contribution is 2.25. The van der Waals surface area contributed by atoms with Crippen molar-refractivity contribution < 1.29 is 0 Å². The van der Waals surface area contributed by atoms with Gasteiger partial charge in [-0.25, -0.2) is 0 Å². The van der Waals surface area contributed by atoms with Crippen molar-refractivity contribution in [3.05, 3.63) is 28.8 Å². The van der Waals surface area contributed by atoms with E-state index in [-0.39, 0.29) is 6.04 Å². The zero-order chi connectivity index (χ0) is 13.0. The van der Waals surface area contributed by atoms with Crippen molar-refractivity contribution in [2.45, 2.75) is 25.8 Å². The van der Waals surface area contributed by atoms with Crippen LogP contribution in [0.25, 0.3) is 0 Å². The van der Waals surface area contributed by atoms with Gasteiger partial charge in [-0.3, -0.25) is 0 Å². The number of nitriles is 1. The number of hydrogen-bond donors (Lipinski definition) is 1. The molecule has 0 radical (unpaired) electrons. The van der Waals surface area contributed by atoms with E-state index in [4.69, 9.17) is 16.9 Å². The lowest BCUT2D eigenvalue weighted by molar-refractivity contribution is 0.552. The molecule has 0 amide bonds. The maximum atomic E-state index is 8.84. The van der Waals surface area contributed by atoms with Gasteiger partial charge >= 0.3 is 0 Å². The van der Waals surface area contributed by atoms with Crippen LogP contribution in [-0.2, 0) is 0 Å². The topological polar surface area (TPSA) is 39.1 Å². The first-order valence-corrected chi connectivity index (χ1v) is 6.70. The van der Waals surface area contributed by atoms with Gasteiger partial charge in [-0.2, -0.15) is 5.26 Å². The van der Waals surface area contributed by atoms with E-state index in [0.29, 0.717) is 6.42 Å². The fourth-order valence-corrected chi connectivity index (χ4v) is 2.55. The summed E-state index contributed by atoms with van der Waals surface area (Å²) in [5.41, 5.74) is 2.42. The highest BCUT2D eigenvalue weighted by molar-refractivity contribution is 6.30. The number of nitrogens with one attached hydrogen (secondary N) is 1. The molecule has 3 nitrogen and oxygen atoms in total. The molecule has 1 aromatic carbocycles. The highest BCUT2D eigenvalue weighted by atomic mass is 35.5. The van der Waals surface area contributed by atoms with E-state index in [1.54, 1.807) is 0 Å². The Balaban J connectivity index is 2.20. The third kappa shape index (κ3) is 3.16. The Morgan fingerprint density at radius 1 is 1.56 bits per heavy atom. The zero-order valence-electron chi connectivity index (χ0n) is 10.6. The van der Waals surface area contributed by atoms with E-state index in [0.717, 1.165) is 31.1 Å². The molecule has 1 aromatic rings. The molecule has 0 aliphatic carbocycles. The van der Waals surface area contributed by atoms with E-state index >= 15 is 0 Å². The van der Waals surface area contributed by atoms with Gasteiger partial charge in [0.15, 0.2) is 0 Å². The molecule has 96 valence electrons. The maximum absolute atomic E-state index is 8.84. The number of nitrogens with zero attached hydrogens (tertiary/aromatic N) is 2. The smallest absolute Gasteiger partial charge is 0.0638 e. The van der Waals surface area contributed by atoms with Gasteiger partial charge in [-0.05, 0) is 37.6 Å². The molecule has 1 saturated heterocycles. The second-order valence-electron chi connectivity index (χ2n) is 4.74. The average molecular weight is 264 g/mol. The number of rotatable bonds is 2. The number of benzene rings is 1. The van der Waals surface area contributed by atoms with Crippen molar-refractivity contribution >= 4 is 17.3 Å². The molecule has 1 atom stereocenters. The summed E-state index contributed by atoms with van der Waals surface area (Å²) < 4.78 is 0. The molecule has 18 heavy (non-hydrogen) atoms. The van der Waals surface area contributed by atoms with Crippen molar-refractivity contribution in [2.75, 3.05) is 24.5 Å². The quantitative estimate of drug-likeness (QED) is 0.892. The van der Waals surface area contributed by atoms with Crippen LogP contribution in [0.3, 0.4) is 0 Å². The summed E-state index contributed by atoms with van der Waals surface area (Å²) >= 11 is 6.08. The van der Waals surface area contributed by atoms with Gasteiger partial charge in [0, 0.05) is 29.8 Å². The second kappa shape index (κ2) is 6.08. The Hall–Kier alpha value is -1.24. The molecule has 0 spiro atoms. The minimum Gasteiger partial charge on any atom is -0.370 e. The third-order valence-electron chi connectivity index (χ3n) is 3.33. The van der Waals surface area contributed by atoms with E-state index in [1.807, 2.05) is 12.1 Å². The van der Waals surface area contributed by atoms with Crippen molar-refractivity contribution in [3.63, 3.8) is 0 Å². The van der Waals surface area contributed by atoms with Crippen molar-refractivity contribution in [3.8, 4) is 6.07 Å². The summed E-state index contributed by atoms with van der Waals surface area (Å²) in [5, 5.41) is 13.0. The van der Waals surface area contributed by atoms with Crippen LogP contribution < -0.4 is 10.2 Å². The molecular formula is C14H18ClN3. The largest absolute Gasteiger partial charge is 0.370 e. The molecule has 0 bridgehead atoms. The Bertz CT molecular complexity index is 453. The number of aryl methyl sites for hydroxylation is 1. The van der Waals surface area contributed by atoms with Crippen LogP contribution in [0.4, 0.5) is 5.69 Å². The first-order chi connectivity index (χ1) is 8.70. The van der Waals surface area contributed by atoms with E-state index in [2.05, 4.69) is 29.3 Å². The molecule has 0 saturated carbocycles. The van der Waals surface area contributed by atoms with E-state index in [9.17, 15) is 0 Å². The van der Waals surface area contributed by atoms with Crippen molar-refractivity contribution in [1.82, 2.24) is 5.32 Å². The third-order valence-corrected chi connectivity index (χ3v) is 3.56. The summed E-state index contributed by atoms with van der Waals surface area (Å²) in [6.07, 6.45) is 1.64. The number of anilines is 1. The first kappa shape index (κ1) is 13.2. The summed E-state index contributed by atoms with van der Waals surface area (Å²) in [6, 6.07) is 8.48. The Kier molecular flexibility index (Phi) is 4.46. The van der Waals surface area contributed by atoms with Crippen LogP contribution >= 0.6 is 11.6 Å². The number of hydrogen-bond acceptors (Lipinski definition) is 3. The minimum atomic E-state index is 0.246. The van der Waals surface area contributed by atoms with Gasteiger partial charge < -0.3 is 10.2 Å². The monoisotopic (exact) mass is 263 g/mol. The van der Waals surface area contributed by atoms with Gasteiger partial charge in [-0.1, -0.05) is 17.7 Å². The fraction of sp³-hybridized carbons (Fsp3) is 0.500. The van der Waals surface area contributed by atoms with Crippen LogP contribution in [0.1, 0.15) is 18.4 Å². The number of halogens is 1. The van der Waals surface area contributed by atoms with Crippen LogP contribution in [0.2, 0.25) is 5.02 Å². The zero-order valence-corrected chi connectivity index (χ0v) is 11.4. The SMILES string of the molecule is Cc1ccc(Cl)cc1N1CCCNC(CC#N)C1. The lowest BCUT2D eigenvalue weighted by Gasteiger charge is -2.27. The molecule has 1 N–H and O–H groups in total. The first-order valence-electron chi connectivity index (χ1n) is 6.32. The van der Waals surface area contributed by atoms with Gasteiger partial charge in [0.2, 0.25) is 0 Å². The summed E-state index contributed by atoms with van der Waals surface area (Å²) in [7, 11) is 0. The van der Waals surface area contributed by atoms with Gasteiger partial charge in [-0.15, -0.1) is 0 Å². The van der Waals surface area contributed by atoms with Gasteiger partial charge in [0.25, 0.3) is 0 Å².